The van der Waals surface area contributed by atoms with Crippen molar-refractivity contribution in [2.24, 2.45) is 10.7 Å². The molecule has 3 rings (SSSR count). The maximum atomic E-state index is 14.1. The van der Waals surface area contributed by atoms with Crippen molar-refractivity contribution in [1.82, 2.24) is 0 Å². The first kappa shape index (κ1) is 14.8. The molecule has 6 heteroatoms. The van der Waals surface area contributed by atoms with Gasteiger partial charge in [0.1, 0.15) is 6.61 Å². The molecule has 1 aliphatic heterocycles. The maximum absolute atomic E-state index is 14.1. The van der Waals surface area contributed by atoms with Gasteiger partial charge in [-0.15, -0.1) is 0 Å². The zero-order valence-corrected chi connectivity index (χ0v) is 13.4. The molecule has 0 spiro atoms. The molecule has 1 atom stereocenters. The Morgan fingerprint density at radius 3 is 2.64 bits per heavy atom. The van der Waals surface area contributed by atoms with E-state index < -0.39 is 11.4 Å². The van der Waals surface area contributed by atoms with Crippen LogP contribution < -0.4 is 10.5 Å². The third kappa shape index (κ3) is 2.43. The minimum Gasteiger partial charge on any atom is -0.494 e. The van der Waals surface area contributed by atoms with E-state index in [9.17, 15) is 4.39 Å². The molecule has 0 saturated carbocycles. The van der Waals surface area contributed by atoms with Crippen molar-refractivity contribution >= 4 is 22.0 Å². The lowest BCUT2D eigenvalue weighted by molar-refractivity contribution is 0.278. The van der Waals surface area contributed by atoms with E-state index in [0.29, 0.717) is 5.56 Å². The van der Waals surface area contributed by atoms with Crippen LogP contribution in [-0.4, -0.2) is 19.7 Å². The van der Waals surface area contributed by atoms with Gasteiger partial charge in [0.2, 0.25) is 0 Å². The maximum Gasteiger partial charge on any atom is 0.283 e. The van der Waals surface area contributed by atoms with Crippen molar-refractivity contribution < 1.29 is 13.9 Å². The van der Waals surface area contributed by atoms with Crippen LogP contribution in [0.25, 0.3) is 0 Å². The van der Waals surface area contributed by atoms with E-state index >= 15 is 0 Å². The standard InChI is InChI=1S/C16H14BrFN2O2/c1-21-14-6-5-11(8-13(14)18)16(9-22-15(19)20-16)10-3-2-4-12(17)7-10/h2-8H,9H2,1H3,(H2,19,20)/t16-/m1/s1. The quantitative estimate of drug-likeness (QED) is 0.909. The van der Waals surface area contributed by atoms with Crippen LogP contribution in [0, 0.1) is 5.82 Å². The molecule has 2 N–H and O–H groups in total. The summed E-state index contributed by atoms with van der Waals surface area (Å²) >= 11 is 3.44. The fourth-order valence-electron chi connectivity index (χ4n) is 2.56. The van der Waals surface area contributed by atoms with Crippen LogP contribution in [-0.2, 0) is 10.3 Å². The fourth-order valence-corrected chi connectivity index (χ4v) is 2.96. The summed E-state index contributed by atoms with van der Waals surface area (Å²) in [5.41, 5.74) is 6.38. The van der Waals surface area contributed by atoms with E-state index in [0.717, 1.165) is 10.0 Å². The van der Waals surface area contributed by atoms with Crippen molar-refractivity contribution in [3.63, 3.8) is 0 Å². The monoisotopic (exact) mass is 364 g/mol. The van der Waals surface area contributed by atoms with Crippen LogP contribution in [0.4, 0.5) is 4.39 Å². The summed E-state index contributed by atoms with van der Waals surface area (Å²) in [6.45, 7) is 0.223. The number of hydrogen-bond donors (Lipinski definition) is 1. The first-order valence-corrected chi connectivity index (χ1v) is 7.42. The van der Waals surface area contributed by atoms with E-state index in [2.05, 4.69) is 20.9 Å². The molecule has 2 aromatic carbocycles. The number of nitrogens with zero attached hydrogens (tertiary/aromatic N) is 1. The zero-order valence-electron chi connectivity index (χ0n) is 11.8. The molecule has 0 saturated heterocycles. The summed E-state index contributed by atoms with van der Waals surface area (Å²) in [7, 11) is 1.43. The smallest absolute Gasteiger partial charge is 0.283 e. The molecule has 22 heavy (non-hydrogen) atoms. The Hall–Kier alpha value is -2.08. The highest BCUT2D eigenvalue weighted by molar-refractivity contribution is 9.10. The van der Waals surface area contributed by atoms with Gasteiger partial charge < -0.3 is 15.2 Å². The Labute approximate surface area is 135 Å². The zero-order chi connectivity index (χ0) is 15.7. The van der Waals surface area contributed by atoms with Gasteiger partial charge in [-0.1, -0.05) is 34.1 Å². The van der Waals surface area contributed by atoms with Gasteiger partial charge in [-0.2, -0.15) is 0 Å². The minimum atomic E-state index is -0.860. The van der Waals surface area contributed by atoms with Gasteiger partial charge in [0.05, 0.1) is 7.11 Å². The van der Waals surface area contributed by atoms with Crippen molar-refractivity contribution in [1.29, 1.82) is 0 Å². The van der Waals surface area contributed by atoms with Crippen LogP contribution in [0.2, 0.25) is 0 Å². The van der Waals surface area contributed by atoms with Crippen LogP contribution in [0.15, 0.2) is 51.9 Å². The summed E-state index contributed by atoms with van der Waals surface area (Å²) in [4.78, 5) is 4.44. The van der Waals surface area contributed by atoms with E-state index in [1.54, 1.807) is 12.1 Å². The van der Waals surface area contributed by atoms with E-state index in [-0.39, 0.29) is 18.4 Å². The number of benzene rings is 2. The predicted molar refractivity (Wildman–Crippen MR) is 85.4 cm³/mol. The molecule has 0 unspecified atom stereocenters. The Kier molecular flexibility index (Phi) is 3.78. The van der Waals surface area contributed by atoms with E-state index in [4.69, 9.17) is 15.2 Å². The second-order valence-corrected chi connectivity index (χ2v) is 5.87. The Bertz CT molecular complexity index is 751. The Morgan fingerprint density at radius 1 is 1.27 bits per heavy atom. The van der Waals surface area contributed by atoms with Crippen LogP contribution >= 0.6 is 15.9 Å². The fraction of sp³-hybridized carbons (Fsp3) is 0.188. The molecule has 0 fully saturated rings. The van der Waals surface area contributed by atoms with Gasteiger partial charge in [0.25, 0.3) is 6.02 Å². The van der Waals surface area contributed by atoms with Crippen molar-refractivity contribution in [2.45, 2.75) is 5.54 Å². The topological polar surface area (TPSA) is 56.8 Å². The molecule has 0 radical (unpaired) electrons. The largest absolute Gasteiger partial charge is 0.494 e. The minimum absolute atomic E-state index is 0.0937. The Morgan fingerprint density at radius 2 is 2.05 bits per heavy atom. The van der Waals surface area contributed by atoms with Crippen LogP contribution in [0.3, 0.4) is 0 Å². The molecule has 0 amide bonds. The number of halogens is 2. The second-order valence-electron chi connectivity index (χ2n) is 4.96. The summed E-state index contributed by atoms with van der Waals surface area (Å²) in [5.74, 6) is -0.265. The Balaban J connectivity index is 2.18. The van der Waals surface area contributed by atoms with Crippen molar-refractivity contribution in [3.8, 4) is 5.75 Å². The SMILES string of the molecule is COc1ccc([C@]2(c3cccc(Br)c3)COC(N)=N2)cc1F. The number of amidine groups is 1. The van der Waals surface area contributed by atoms with Crippen molar-refractivity contribution in [3.05, 3.63) is 63.9 Å². The predicted octanol–water partition coefficient (Wildman–Crippen LogP) is 3.19. The summed E-state index contributed by atoms with van der Waals surface area (Å²) < 4.78 is 25.4. The summed E-state index contributed by atoms with van der Waals surface area (Å²) in [5, 5.41) is 0. The first-order chi connectivity index (χ1) is 10.5. The summed E-state index contributed by atoms with van der Waals surface area (Å²) in [6.07, 6.45) is 0. The molecule has 0 aliphatic carbocycles. The number of hydrogen-bond acceptors (Lipinski definition) is 4. The lowest BCUT2D eigenvalue weighted by atomic mass is 9.84. The van der Waals surface area contributed by atoms with Gasteiger partial charge in [-0.05, 0) is 35.4 Å². The highest BCUT2D eigenvalue weighted by atomic mass is 79.9. The molecule has 4 nitrogen and oxygen atoms in total. The van der Waals surface area contributed by atoms with E-state index in [1.807, 2.05) is 24.3 Å². The van der Waals surface area contributed by atoms with Gasteiger partial charge in [-0.25, -0.2) is 9.38 Å². The number of ether oxygens (including phenoxy) is 2. The third-order valence-electron chi connectivity index (χ3n) is 3.66. The molecular formula is C16H14BrFN2O2. The van der Waals surface area contributed by atoms with Gasteiger partial charge in [0.15, 0.2) is 17.1 Å². The lowest BCUT2D eigenvalue weighted by Gasteiger charge is -2.25. The highest BCUT2D eigenvalue weighted by Crippen LogP contribution is 2.39. The van der Waals surface area contributed by atoms with Crippen LogP contribution in [0.5, 0.6) is 5.75 Å². The lowest BCUT2D eigenvalue weighted by Crippen LogP contribution is -2.27. The van der Waals surface area contributed by atoms with Gasteiger partial charge in [-0.3, -0.25) is 0 Å². The van der Waals surface area contributed by atoms with E-state index in [1.165, 1.54) is 13.2 Å². The molecule has 0 bridgehead atoms. The number of nitrogens with two attached hydrogens (primary N) is 1. The van der Waals surface area contributed by atoms with Gasteiger partial charge >= 0.3 is 0 Å². The number of aliphatic imine (C=N–C) groups is 1. The second kappa shape index (κ2) is 5.61. The average Bonchev–Trinajstić information content (AvgIpc) is 2.90. The molecule has 1 heterocycles. The number of rotatable bonds is 3. The summed E-state index contributed by atoms with van der Waals surface area (Å²) in [6, 6.07) is 12.5. The normalized spacial score (nSPS) is 20.4. The highest BCUT2D eigenvalue weighted by Gasteiger charge is 2.40. The molecule has 114 valence electrons. The molecular weight excluding hydrogens is 351 g/mol. The van der Waals surface area contributed by atoms with Crippen LogP contribution in [0.1, 0.15) is 11.1 Å². The first-order valence-electron chi connectivity index (χ1n) is 6.63. The molecule has 0 aromatic heterocycles. The third-order valence-corrected chi connectivity index (χ3v) is 4.15. The average molecular weight is 365 g/mol. The molecule has 1 aliphatic rings. The van der Waals surface area contributed by atoms with Gasteiger partial charge in [0, 0.05) is 4.47 Å². The van der Waals surface area contributed by atoms with Crippen molar-refractivity contribution in [2.75, 3.05) is 13.7 Å². The number of methoxy groups -OCH3 is 1. The molecule has 2 aromatic rings.